The summed E-state index contributed by atoms with van der Waals surface area (Å²) in [5, 5.41) is 7.32. The first-order valence-corrected chi connectivity index (χ1v) is 8.90. The van der Waals surface area contributed by atoms with Crippen LogP contribution in [-0.4, -0.2) is 43.4 Å². The highest BCUT2D eigenvalue weighted by molar-refractivity contribution is 5.91. The Kier molecular flexibility index (Phi) is 4.68. The van der Waals surface area contributed by atoms with E-state index in [0.29, 0.717) is 5.92 Å². The smallest absolute Gasteiger partial charge is 0.321 e. The Morgan fingerprint density at radius 1 is 1.19 bits per heavy atom. The molecule has 134 valence electrons. The Labute approximate surface area is 152 Å². The highest BCUT2D eigenvalue weighted by Gasteiger charge is 2.24. The largest absolute Gasteiger partial charge is 0.337 e. The molecular weight excluding hydrogens is 328 g/mol. The van der Waals surface area contributed by atoms with Crippen LogP contribution in [0.4, 0.5) is 10.5 Å². The topological polar surface area (TPSA) is 68.0 Å². The molecule has 2 amide bonds. The molecule has 26 heavy (non-hydrogen) atoms. The van der Waals surface area contributed by atoms with Gasteiger partial charge in [0, 0.05) is 44.4 Å². The molecule has 0 aliphatic carbocycles. The standard InChI is InChI=1S/C19H22N6O/c26-19(22-17-6-1-2-7-18(17)25-11-4-8-21-25)24-10-3-5-16(14-24)13-23-12-9-20-15-23/h1-2,4,6-9,11-12,15-16H,3,5,10,13-14H2,(H,22,26)/t16-/m1/s1. The number of carbonyl (C=O) groups is 1. The summed E-state index contributed by atoms with van der Waals surface area (Å²) in [6, 6.07) is 9.52. The predicted molar refractivity (Wildman–Crippen MR) is 99.1 cm³/mol. The van der Waals surface area contributed by atoms with Crippen LogP contribution in [0.3, 0.4) is 0 Å². The fourth-order valence-electron chi connectivity index (χ4n) is 3.48. The van der Waals surface area contributed by atoms with E-state index >= 15 is 0 Å². The van der Waals surface area contributed by atoms with Gasteiger partial charge < -0.3 is 14.8 Å². The molecule has 0 spiro atoms. The predicted octanol–water partition coefficient (Wildman–Crippen LogP) is 3.01. The molecule has 0 unspecified atom stereocenters. The Morgan fingerprint density at radius 3 is 2.92 bits per heavy atom. The maximum Gasteiger partial charge on any atom is 0.321 e. The summed E-state index contributed by atoms with van der Waals surface area (Å²) >= 11 is 0. The van der Waals surface area contributed by atoms with Crippen LogP contribution in [0.2, 0.25) is 0 Å². The average Bonchev–Trinajstić information content (AvgIpc) is 3.36. The number of benzene rings is 1. The third kappa shape index (κ3) is 3.61. The van der Waals surface area contributed by atoms with Crippen LogP contribution < -0.4 is 5.32 Å². The molecule has 1 aliphatic rings. The lowest BCUT2D eigenvalue weighted by Crippen LogP contribution is -2.43. The van der Waals surface area contributed by atoms with Crippen molar-refractivity contribution in [3.8, 4) is 5.69 Å². The Bertz CT molecular complexity index is 843. The van der Waals surface area contributed by atoms with Gasteiger partial charge in [0.1, 0.15) is 0 Å². The van der Waals surface area contributed by atoms with Gasteiger partial charge in [-0.3, -0.25) is 0 Å². The van der Waals surface area contributed by atoms with E-state index in [4.69, 9.17) is 0 Å². The zero-order valence-electron chi connectivity index (χ0n) is 14.5. The van der Waals surface area contributed by atoms with E-state index in [1.807, 2.05) is 54.0 Å². The fraction of sp³-hybridized carbons (Fsp3) is 0.316. The SMILES string of the molecule is O=C(Nc1ccccc1-n1cccn1)N1CCC[C@H](Cn2ccnc2)C1. The van der Waals surface area contributed by atoms with Crippen LogP contribution in [0, 0.1) is 5.92 Å². The van der Waals surface area contributed by atoms with Crippen molar-refractivity contribution < 1.29 is 4.79 Å². The highest BCUT2D eigenvalue weighted by Crippen LogP contribution is 2.22. The van der Waals surface area contributed by atoms with E-state index in [0.717, 1.165) is 43.9 Å². The molecule has 7 nitrogen and oxygen atoms in total. The number of hydrogen-bond donors (Lipinski definition) is 1. The molecule has 7 heteroatoms. The Hall–Kier alpha value is -3.09. The van der Waals surface area contributed by atoms with Crippen molar-refractivity contribution in [2.24, 2.45) is 5.92 Å². The Balaban J connectivity index is 1.43. The van der Waals surface area contributed by atoms with E-state index in [9.17, 15) is 4.79 Å². The second-order valence-electron chi connectivity index (χ2n) is 6.61. The van der Waals surface area contributed by atoms with Gasteiger partial charge in [0.05, 0.1) is 17.7 Å². The third-order valence-electron chi connectivity index (χ3n) is 4.73. The van der Waals surface area contributed by atoms with Crippen molar-refractivity contribution in [2.45, 2.75) is 19.4 Å². The molecule has 0 radical (unpaired) electrons. The minimum Gasteiger partial charge on any atom is -0.337 e. The first kappa shape index (κ1) is 16.4. The lowest BCUT2D eigenvalue weighted by atomic mass is 9.98. The van der Waals surface area contributed by atoms with E-state index in [-0.39, 0.29) is 6.03 Å². The van der Waals surface area contributed by atoms with Gasteiger partial charge in [-0.2, -0.15) is 5.10 Å². The summed E-state index contributed by atoms with van der Waals surface area (Å²) in [5.74, 6) is 0.449. The molecule has 0 bridgehead atoms. The number of nitrogens with one attached hydrogen (secondary N) is 1. The van der Waals surface area contributed by atoms with E-state index in [1.54, 1.807) is 17.1 Å². The summed E-state index contributed by atoms with van der Waals surface area (Å²) in [6.07, 6.45) is 11.3. The number of nitrogens with zero attached hydrogens (tertiary/aromatic N) is 5. The van der Waals surface area contributed by atoms with E-state index < -0.39 is 0 Å². The first-order valence-electron chi connectivity index (χ1n) is 8.90. The van der Waals surface area contributed by atoms with Crippen LogP contribution in [0.5, 0.6) is 0 Å². The molecule has 4 rings (SSSR count). The maximum absolute atomic E-state index is 12.8. The molecule has 1 saturated heterocycles. The number of anilines is 1. The maximum atomic E-state index is 12.8. The van der Waals surface area contributed by atoms with Crippen LogP contribution in [0.25, 0.3) is 5.69 Å². The van der Waals surface area contributed by atoms with Crippen molar-refractivity contribution in [2.75, 3.05) is 18.4 Å². The third-order valence-corrected chi connectivity index (χ3v) is 4.73. The minimum absolute atomic E-state index is 0.0556. The number of rotatable bonds is 4. The van der Waals surface area contributed by atoms with Crippen molar-refractivity contribution in [1.29, 1.82) is 0 Å². The fourth-order valence-corrected chi connectivity index (χ4v) is 3.48. The quantitative estimate of drug-likeness (QED) is 0.786. The van der Waals surface area contributed by atoms with Crippen molar-refractivity contribution >= 4 is 11.7 Å². The average molecular weight is 350 g/mol. The normalized spacial score (nSPS) is 17.2. The number of hydrogen-bond acceptors (Lipinski definition) is 3. The lowest BCUT2D eigenvalue weighted by Gasteiger charge is -2.33. The van der Waals surface area contributed by atoms with Crippen molar-refractivity contribution in [1.82, 2.24) is 24.2 Å². The molecule has 1 N–H and O–H groups in total. The first-order chi connectivity index (χ1) is 12.8. The molecule has 1 fully saturated rings. The highest BCUT2D eigenvalue weighted by atomic mass is 16.2. The minimum atomic E-state index is -0.0556. The Morgan fingerprint density at radius 2 is 2.12 bits per heavy atom. The molecule has 0 saturated carbocycles. The lowest BCUT2D eigenvalue weighted by molar-refractivity contribution is 0.170. The molecule has 3 heterocycles. The number of amides is 2. The summed E-state index contributed by atoms with van der Waals surface area (Å²) in [4.78, 5) is 18.8. The van der Waals surface area contributed by atoms with Gasteiger partial charge in [0.15, 0.2) is 0 Å². The van der Waals surface area contributed by atoms with Crippen LogP contribution in [-0.2, 0) is 6.54 Å². The second kappa shape index (κ2) is 7.43. The van der Waals surface area contributed by atoms with Gasteiger partial charge in [-0.15, -0.1) is 0 Å². The summed E-state index contributed by atoms with van der Waals surface area (Å²) in [6.45, 7) is 2.44. The summed E-state index contributed by atoms with van der Waals surface area (Å²) < 4.78 is 3.84. The number of piperidine rings is 1. The number of para-hydroxylation sites is 2. The van der Waals surface area contributed by atoms with Crippen molar-refractivity contribution in [3.05, 3.63) is 61.4 Å². The molecular formula is C19H22N6O. The molecule has 1 atom stereocenters. The van der Waals surface area contributed by atoms with Crippen LogP contribution in [0.15, 0.2) is 61.4 Å². The van der Waals surface area contributed by atoms with E-state index in [1.165, 1.54) is 0 Å². The van der Waals surface area contributed by atoms with Gasteiger partial charge >= 0.3 is 6.03 Å². The van der Waals surface area contributed by atoms with Crippen LogP contribution >= 0.6 is 0 Å². The van der Waals surface area contributed by atoms with Crippen molar-refractivity contribution in [3.63, 3.8) is 0 Å². The molecule has 2 aromatic heterocycles. The number of likely N-dealkylation sites (tertiary alicyclic amines) is 1. The number of carbonyl (C=O) groups excluding carboxylic acids is 1. The molecule has 1 aromatic carbocycles. The van der Waals surface area contributed by atoms with E-state index in [2.05, 4.69) is 20.0 Å². The van der Waals surface area contributed by atoms with Gasteiger partial charge in [-0.1, -0.05) is 12.1 Å². The number of imidazole rings is 1. The van der Waals surface area contributed by atoms with Gasteiger partial charge in [0.2, 0.25) is 0 Å². The van der Waals surface area contributed by atoms with Crippen LogP contribution in [0.1, 0.15) is 12.8 Å². The summed E-state index contributed by atoms with van der Waals surface area (Å²) in [7, 11) is 0. The second-order valence-corrected chi connectivity index (χ2v) is 6.61. The van der Waals surface area contributed by atoms with Gasteiger partial charge in [-0.05, 0) is 37.0 Å². The van der Waals surface area contributed by atoms with Gasteiger partial charge in [0.25, 0.3) is 0 Å². The molecule has 3 aromatic rings. The zero-order valence-corrected chi connectivity index (χ0v) is 14.5. The van der Waals surface area contributed by atoms with Gasteiger partial charge in [-0.25, -0.2) is 14.5 Å². The number of urea groups is 1. The molecule has 1 aliphatic heterocycles. The summed E-state index contributed by atoms with van der Waals surface area (Å²) in [5.41, 5.74) is 1.62. The zero-order chi connectivity index (χ0) is 17.8. The number of aromatic nitrogens is 4. The monoisotopic (exact) mass is 350 g/mol.